The second-order valence-corrected chi connectivity index (χ2v) is 4.76. The molecule has 0 radical (unpaired) electrons. The van der Waals surface area contributed by atoms with E-state index in [2.05, 4.69) is 0 Å². The summed E-state index contributed by atoms with van der Waals surface area (Å²) in [5, 5.41) is 19.6. The van der Waals surface area contributed by atoms with Crippen molar-refractivity contribution in [2.24, 2.45) is 0 Å². The molecule has 5 nitrogen and oxygen atoms in total. The number of aromatic hydroxyl groups is 2. The van der Waals surface area contributed by atoms with Crippen LogP contribution in [-0.4, -0.2) is 10.2 Å². The third-order valence-electron chi connectivity index (χ3n) is 2.85. The summed E-state index contributed by atoms with van der Waals surface area (Å²) < 4.78 is 10.6. The van der Waals surface area contributed by atoms with Crippen LogP contribution in [0.25, 0.3) is 11.0 Å². The first-order chi connectivity index (χ1) is 10.0. The van der Waals surface area contributed by atoms with Crippen LogP contribution in [0, 0.1) is 0 Å². The molecule has 1 heterocycles. The summed E-state index contributed by atoms with van der Waals surface area (Å²) in [5.74, 6) is -0.245. The van der Waals surface area contributed by atoms with Gasteiger partial charge in [-0.15, -0.1) is 0 Å². The van der Waals surface area contributed by atoms with Crippen LogP contribution in [0.2, 0.25) is 5.02 Å². The Hall–Kier alpha value is -2.66. The zero-order valence-electron chi connectivity index (χ0n) is 10.5. The molecule has 6 heteroatoms. The summed E-state index contributed by atoms with van der Waals surface area (Å²) in [6.07, 6.45) is 1.12. The number of benzene rings is 2. The van der Waals surface area contributed by atoms with Gasteiger partial charge in [0.1, 0.15) is 34.5 Å². The van der Waals surface area contributed by atoms with Crippen LogP contribution in [0.15, 0.2) is 51.9 Å². The van der Waals surface area contributed by atoms with Gasteiger partial charge in [-0.05, 0) is 24.3 Å². The van der Waals surface area contributed by atoms with Crippen molar-refractivity contribution >= 4 is 22.6 Å². The molecule has 1 aromatic heterocycles. The number of hydrogen-bond donors (Lipinski definition) is 2. The topological polar surface area (TPSA) is 79.9 Å². The minimum absolute atomic E-state index is 0.0562. The molecule has 2 aromatic carbocycles. The first-order valence-corrected chi connectivity index (χ1v) is 6.33. The second kappa shape index (κ2) is 5.03. The van der Waals surface area contributed by atoms with Crippen molar-refractivity contribution in [1.82, 2.24) is 0 Å². The lowest BCUT2D eigenvalue weighted by Crippen LogP contribution is -2.05. The summed E-state index contributed by atoms with van der Waals surface area (Å²) in [6.45, 7) is 0. The van der Waals surface area contributed by atoms with E-state index in [1.165, 1.54) is 6.07 Å². The van der Waals surface area contributed by atoms with E-state index in [0.717, 1.165) is 12.3 Å². The van der Waals surface area contributed by atoms with Crippen LogP contribution >= 0.6 is 11.6 Å². The number of halogens is 1. The number of phenolic OH excluding ortho intramolecular Hbond substituents is 2. The van der Waals surface area contributed by atoms with Gasteiger partial charge in [0.2, 0.25) is 11.2 Å². The molecule has 0 aliphatic heterocycles. The minimum atomic E-state index is -0.538. The highest BCUT2D eigenvalue weighted by molar-refractivity contribution is 6.30. The Morgan fingerprint density at radius 1 is 1.10 bits per heavy atom. The standard InChI is InChI=1S/C15H9ClO5/c16-8-1-3-10(4-2-8)21-13-7-20-12-6-9(17)5-11(18)14(12)15(13)19/h1-7,17-18H. The quantitative estimate of drug-likeness (QED) is 0.755. The predicted molar refractivity (Wildman–Crippen MR) is 77.3 cm³/mol. The maximum absolute atomic E-state index is 12.3. The van der Waals surface area contributed by atoms with Gasteiger partial charge in [0.05, 0.1) is 0 Å². The van der Waals surface area contributed by atoms with Crippen LogP contribution in [-0.2, 0) is 0 Å². The summed E-state index contributed by atoms with van der Waals surface area (Å²) in [5.41, 5.74) is -0.468. The second-order valence-electron chi connectivity index (χ2n) is 4.32. The number of fused-ring (bicyclic) bond motifs is 1. The van der Waals surface area contributed by atoms with E-state index in [9.17, 15) is 15.0 Å². The van der Waals surface area contributed by atoms with Gasteiger partial charge < -0.3 is 19.4 Å². The lowest BCUT2D eigenvalue weighted by molar-refractivity contribution is 0.439. The smallest absolute Gasteiger partial charge is 0.238 e. The van der Waals surface area contributed by atoms with Crippen LogP contribution in [0.4, 0.5) is 0 Å². The van der Waals surface area contributed by atoms with Gasteiger partial charge in [0.15, 0.2) is 0 Å². The van der Waals surface area contributed by atoms with Crippen molar-refractivity contribution in [1.29, 1.82) is 0 Å². The summed E-state index contributed by atoms with van der Waals surface area (Å²) in [7, 11) is 0. The summed E-state index contributed by atoms with van der Waals surface area (Å²) in [4.78, 5) is 12.3. The maximum atomic E-state index is 12.3. The van der Waals surface area contributed by atoms with E-state index in [-0.39, 0.29) is 28.2 Å². The van der Waals surface area contributed by atoms with Gasteiger partial charge in [0, 0.05) is 17.2 Å². The zero-order valence-corrected chi connectivity index (χ0v) is 11.3. The molecule has 0 atom stereocenters. The molecule has 0 saturated carbocycles. The first kappa shape index (κ1) is 13.3. The Morgan fingerprint density at radius 2 is 1.81 bits per heavy atom. The third-order valence-corrected chi connectivity index (χ3v) is 3.10. The Labute approximate surface area is 123 Å². The van der Waals surface area contributed by atoms with Crippen LogP contribution in [0.3, 0.4) is 0 Å². The highest BCUT2D eigenvalue weighted by Crippen LogP contribution is 2.30. The van der Waals surface area contributed by atoms with E-state index in [4.69, 9.17) is 20.8 Å². The van der Waals surface area contributed by atoms with E-state index in [1.807, 2.05) is 0 Å². The maximum Gasteiger partial charge on any atom is 0.238 e. The van der Waals surface area contributed by atoms with Crippen LogP contribution in [0.5, 0.6) is 23.0 Å². The molecular weight excluding hydrogens is 296 g/mol. The number of rotatable bonds is 2. The molecule has 21 heavy (non-hydrogen) atoms. The third kappa shape index (κ3) is 2.51. The van der Waals surface area contributed by atoms with E-state index in [1.54, 1.807) is 24.3 Å². The molecule has 2 N–H and O–H groups in total. The molecule has 3 rings (SSSR count). The average molecular weight is 305 g/mol. The molecule has 0 unspecified atom stereocenters. The normalized spacial score (nSPS) is 10.7. The van der Waals surface area contributed by atoms with E-state index in [0.29, 0.717) is 10.8 Å². The van der Waals surface area contributed by atoms with E-state index >= 15 is 0 Å². The van der Waals surface area contributed by atoms with Gasteiger partial charge >= 0.3 is 0 Å². The number of hydrogen-bond acceptors (Lipinski definition) is 5. The molecule has 0 bridgehead atoms. The summed E-state index contributed by atoms with van der Waals surface area (Å²) in [6, 6.07) is 8.74. The molecule has 0 spiro atoms. The van der Waals surface area contributed by atoms with Crippen molar-refractivity contribution in [2.45, 2.75) is 0 Å². The van der Waals surface area contributed by atoms with E-state index < -0.39 is 5.43 Å². The van der Waals surface area contributed by atoms with Crippen molar-refractivity contribution in [3.63, 3.8) is 0 Å². The predicted octanol–water partition coefficient (Wildman–Crippen LogP) is 3.65. The highest BCUT2D eigenvalue weighted by atomic mass is 35.5. The van der Waals surface area contributed by atoms with Crippen molar-refractivity contribution in [2.75, 3.05) is 0 Å². The fourth-order valence-electron chi connectivity index (χ4n) is 1.90. The number of ether oxygens (including phenoxy) is 1. The van der Waals surface area contributed by atoms with Gasteiger partial charge in [-0.25, -0.2) is 0 Å². The van der Waals surface area contributed by atoms with Crippen LogP contribution in [0.1, 0.15) is 0 Å². The lowest BCUT2D eigenvalue weighted by atomic mass is 10.2. The Balaban J connectivity index is 2.10. The van der Waals surface area contributed by atoms with Crippen molar-refractivity contribution in [3.8, 4) is 23.0 Å². The SMILES string of the molecule is O=c1c(Oc2ccc(Cl)cc2)coc2cc(O)cc(O)c12. The molecule has 0 aliphatic carbocycles. The molecular formula is C15H9ClO5. The fraction of sp³-hybridized carbons (Fsp3) is 0. The summed E-state index contributed by atoms with van der Waals surface area (Å²) >= 11 is 5.77. The molecule has 0 saturated heterocycles. The van der Waals surface area contributed by atoms with Crippen molar-refractivity contribution in [3.05, 3.63) is 57.9 Å². The van der Waals surface area contributed by atoms with Gasteiger partial charge in [-0.1, -0.05) is 11.6 Å². The first-order valence-electron chi connectivity index (χ1n) is 5.95. The monoisotopic (exact) mass is 304 g/mol. The molecule has 0 amide bonds. The molecule has 106 valence electrons. The largest absolute Gasteiger partial charge is 0.508 e. The van der Waals surface area contributed by atoms with Gasteiger partial charge in [0.25, 0.3) is 0 Å². The minimum Gasteiger partial charge on any atom is -0.508 e. The van der Waals surface area contributed by atoms with Crippen molar-refractivity contribution < 1.29 is 19.4 Å². The van der Waals surface area contributed by atoms with Gasteiger partial charge in [-0.2, -0.15) is 0 Å². The van der Waals surface area contributed by atoms with Gasteiger partial charge in [-0.3, -0.25) is 4.79 Å². The number of phenols is 2. The Bertz CT molecular complexity index is 868. The Morgan fingerprint density at radius 3 is 2.52 bits per heavy atom. The lowest BCUT2D eigenvalue weighted by Gasteiger charge is -2.06. The van der Waals surface area contributed by atoms with Crippen LogP contribution < -0.4 is 10.2 Å². The zero-order chi connectivity index (χ0) is 15.0. The molecule has 3 aromatic rings. The molecule has 0 aliphatic rings. The average Bonchev–Trinajstić information content (AvgIpc) is 2.43. The molecule has 0 fully saturated rings. The fourth-order valence-corrected chi connectivity index (χ4v) is 2.03. The highest BCUT2D eigenvalue weighted by Gasteiger charge is 2.14. The Kier molecular flexibility index (Phi) is 3.19.